The molecule has 0 aliphatic heterocycles. The van der Waals surface area contributed by atoms with E-state index in [1.165, 1.54) is 6.08 Å². The predicted octanol–water partition coefficient (Wildman–Crippen LogP) is 3.96. The second-order valence-corrected chi connectivity index (χ2v) is 6.52. The van der Waals surface area contributed by atoms with Crippen LogP contribution in [-0.2, 0) is 19.6 Å². The van der Waals surface area contributed by atoms with Crippen molar-refractivity contribution in [1.29, 1.82) is 0 Å². The molecule has 0 aromatic rings. The van der Waals surface area contributed by atoms with Crippen LogP contribution in [0.4, 0.5) is 0 Å². The fourth-order valence-corrected chi connectivity index (χ4v) is 1.11. The molecule has 0 unspecified atom stereocenters. The lowest BCUT2D eigenvalue weighted by Gasteiger charge is -2.16. The molecular formula is C14H26O4. The summed E-state index contributed by atoms with van der Waals surface area (Å²) in [6, 6.07) is 0. The summed E-state index contributed by atoms with van der Waals surface area (Å²) in [5.74, 6) is -0.560. The van der Waals surface area contributed by atoms with Gasteiger partial charge in [0.15, 0.2) is 0 Å². The normalized spacial score (nSPS) is 13.0. The Morgan fingerprint density at radius 1 is 1.11 bits per heavy atom. The fourth-order valence-electron chi connectivity index (χ4n) is 1.11. The molecule has 0 rings (SSSR count). The van der Waals surface area contributed by atoms with Gasteiger partial charge in [-0.3, -0.25) is 4.89 Å². The van der Waals surface area contributed by atoms with Crippen molar-refractivity contribution in [3.8, 4) is 0 Å². The average molecular weight is 258 g/mol. The van der Waals surface area contributed by atoms with Gasteiger partial charge in [-0.15, -0.1) is 0 Å². The zero-order valence-electron chi connectivity index (χ0n) is 12.4. The number of rotatable bonds is 6. The van der Waals surface area contributed by atoms with Crippen LogP contribution in [0.15, 0.2) is 12.2 Å². The molecule has 0 aromatic carbocycles. The quantitative estimate of drug-likeness (QED) is 0.313. The van der Waals surface area contributed by atoms with Crippen molar-refractivity contribution >= 4 is 5.97 Å². The van der Waals surface area contributed by atoms with Crippen LogP contribution >= 0.6 is 0 Å². The van der Waals surface area contributed by atoms with E-state index >= 15 is 0 Å². The lowest BCUT2D eigenvalue weighted by molar-refractivity contribution is -0.513. The molecule has 0 radical (unpaired) electrons. The first-order valence-corrected chi connectivity index (χ1v) is 6.33. The molecule has 0 saturated carbocycles. The highest BCUT2D eigenvalue weighted by Crippen LogP contribution is 2.21. The number of allylic oxidation sites excluding steroid dienone is 1. The number of hydrogen-bond donors (Lipinski definition) is 0. The minimum atomic E-state index is -0.560. The number of unbranched alkanes of at least 4 members (excludes halogenated alkanes) is 1. The van der Waals surface area contributed by atoms with Crippen LogP contribution < -0.4 is 0 Å². The highest BCUT2D eigenvalue weighted by atomic mass is 17.5. The highest BCUT2D eigenvalue weighted by Gasteiger charge is 2.13. The molecule has 0 spiro atoms. The van der Waals surface area contributed by atoms with Crippen molar-refractivity contribution in [1.82, 2.24) is 0 Å². The molecule has 0 aromatic heterocycles. The first-order chi connectivity index (χ1) is 8.10. The Kier molecular flexibility index (Phi) is 7.18. The third-order valence-electron chi connectivity index (χ3n) is 1.95. The minimum Gasteiger partial charge on any atom is -0.264 e. The smallest absolute Gasteiger partial charge is 0.264 e. The fraction of sp³-hybridized carbons (Fsp3) is 0.786. The predicted molar refractivity (Wildman–Crippen MR) is 70.5 cm³/mol. The molecule has 0 amide bonds. The van der Waals surface area contributed by atoms with Crippen molar-refractivity contribution in [3.05, 3.63) is 12.2 Å². The molecular weight excluding hydrogens is 232 g/mol. The molecule has 18 heavy (non-hydrogen) atoms. The van der Waals surface area contributed by atoms with Gasteiger partial charge in [0.2, 0.25) is 0 Å². The van der Waals surface area contributed by atoms with E-state index < -0.39 is 11.6 Å². The van der Waals surface area contributed by atoms with E-state index in [4.69, 9.17) is 4.89 Å². The van der Waals surface area contributed by atoms with Gasteiger partial charge in [-0.25, -0.2) is 4.79 Å². The molecule has 0 atom stereocenters. The van der Waals surface area contributed by atoms with Gasteiger partial charge in [-0.1, -0.05) is 26.8 Å². The first kappa shape index (κ1) is 17.1. The largest absolute Gasteiger partial charge is 0.368 e. The third-order valence-corrected chi connectivity index (χ3v) is 1.95. The van der Waals surface area contributed by atoms with Crippen molar-refractivity contribution in [2.45, 2.75) is 66.4 Å². The minimum absolute atomic E-state index is 0.331. The van der Waals surface area contributed by atoms with Gasteiger partial charge in [-0.2, -0.15) is 4.89 Å². The van der Waals surface area contributed by atoms with E-state index in [1.54, 1.807) is 26.8 Å². The van der Waals surface area contributed by atoms with Crippen LogP contribution in [0, 0.1) is 5.41 Å². The second kappa shape index (κ2) is 7.54. The summed E-state index contributed by atoms with van der Waals surface area (Å²) >= 11 is 0. The molecule has 0 N–H and O–H groups in total. The summed E-state index contributed by atoms with van der Waals surface area (Å²) in [6.45, 7) is 12.0. The van der Waals surface area contributed by atoms with Crippen LogP contribution in [0.3, 0.4) is 0 Å². The van der Waals surface area contributed by atoms with Crippen molar-refractivity contribution in [3.63, 3.8) is 0 Å². The Morgan fingerprint density at radius 2 is 1.72 bits per heavy atom. The topological polar surface area (TPSA) is 44.8 Å². The summed E-state index contributed by atoms with van der Waals surface area (Å²) in [5, 5.41) is 4.37. The van der Waals surface area contributed by atoms with E-state index in [9.17, 15) is 4.79 Å². The van der Waals surface area contributed by atoms with Crippen molar-refractivity contribution in [2.24, 2.45) is 5.41 Å². The van der Waals surface area contributed by atoms with Crippen LogP contribution in [0.5, 0.6) is 0 Å². The number of carbonyl (C=O) groups is 1. The van der Waals surface area contributed by atoms with Gasteiger partial charge in [0.1, 0.15) is 0 Å². The van der Waals surface area contributed by atoms with Gasteiger partial charge in [-0.05, 0) is 50.5 Å². The summed E-state index contributed by atoms with van der Waals surface area (Å²) in [7, 11) is 0. The summed E-state index contributed by atoms with van der Waals surface area (Å²) in [5.41, 5.74) is -0.172. The first-order valence-electron chi connectivity index (χ1n) is 6.33. The molecule has 0 aliphatic carbocycles. The standard InChI is InChI=1S/C14H26O4/c1-13(2,3)11-9-7-8-10-12(15)16-18-17-14(4,5)6/h8,10H,7,9,11H2,1-6H3. The highest BCUT2D eigenvalue weighted by molar-refractivity contribution is 5.81. The lowest BCUT2D eigenvalue weighted by Crippen LogP contribution is -2.20. The lowest BCUT2D eigenvalue weighted by atomic mass is 9.90. The summed E-state index contributed by atoms with van der Waals surface area (Å²) in [4.78, 5) is 20.4. The van der Waals surface area contributed by atoms with Crippen LogP contribution in [-0.4, -0.2) is 11.6 Å². The molecule has 0 saturated heterocycles. The van der Waals surface area contributed by atoms with Gasteiger partial charge >= 0.3 is 5.97 Å². The van der Waals surface area contributed by atoms with Gasteiger partial charge in [0.25, 0.3) is 0 Å². The second-order valence-electron chi connectivity index (χ2n) is 6.52. The summed E-state index contributed by atoms with van der Waals surface area (Å²) in [6.07, 6.45) is 6.17. The van der Waals surface area contributed by atoms with Crippen LogP contribution in [0.2, 0.25) is 0 Å². The maximum Gasteiger partial charge on any atom is 0.368 e. The summed E-state index contributed by atoms with van der Waals surface area (Å²) < 4.78 is 0. The Hall–Kier alpha value is -0.870. The van der Waals surface area contributed by atoms with Crippen molar-refractivity contribution < 1.29 is 19.6 Å². The Morgan fingerprint density at radius 3 is 2.22 bits per heavy atom. The Bertz CT molecular complexity index is 268. The van der Waals surface area contributed by atoms with E-state index in [0.717, 1.165) is 19.3 Å². The van der Waals surface area contributed by atoms with E-state index in [-0.39, 0.29) is 0 Å². The zero-order valence-corrected chi connectivity index (χ0v) is 12.4. The molecule has 0 bridgehead atoms. The molecule has 106 valence electrons. The Balaban J connectivity index is 3.63. The molecule has 0 aliphatic rings. The van der Waals surface area contributed by atoms with Gasteiger partial charge in [0, 0.05) is 6.08 Å². The number of carbonyl (C=O) groups excluding carboxylic acids is 1. The van der Waals surface area contributed by atoms with E-state index in [2.05, 4.69) is 30.7 Å². The third kappa shape index (κ3) is 13.2. The maximum atomic E-state index is 11.2. The zero-order chi connectivity index (χ0) is 14.2. The average Bonchev–Trinajstić information content (AvgIpc) is 2.13. The van der Waals surface area contributed by atoms with E-state index in [1.807, 2.05) is 0 Å². The van der Waals surface area contributed by atoms with Gasteiger partial charge in [0.05, 0.1) is 5.60 Å². The van der Waals surface area contributed by atoms with Crippen LogP contribution in [0.1, 0.15) is 60.8 Å². The SMILES string of the molecule is CC(C)(C)CCCC=CC(=O)OOOC(C)(C)C. The van der Waals surface area contributed by atoms with Gasteiger partial charge < -0.3 is 0 Å². The molecule has 0 fully saturated rings. The van der Waals surface area contributed by atoms with Crippen molar-refractivity contribution in [2.75, 3.05) is 0 Å². The Labute approximate surface area is 110 Å². The molecule has 4 heteroatoms. The molecule has 4 nitrogen and oxygen atoms in total. The molecule has 0 heterocycles. The maximum absolute atomic E-state index is 11.2. The number of hydrogen-bond acceptors (Lipinski definition) is 4. The van der Waals surface area contributed by atoms with Crippen LogP contribution in [0.25, 0.3) is 0 Å². The monoisotopic (exact) mass is 258 g/mol. The van der Waals surface area contributed by atoms with E-state index in [0.29, 0.717) is 5.41 Å².